The topological polar surface area (TPSA) is 84.0 Å². The van der Waals surface area contributed by atoms with Crippen LogP contribution in [0, 0.1) is 0 Å². The van der Waals surface area contributed by atoms with Crippen LogP contribution in [0.15, 0.2) is 6.07 Å². The molecule has 0 spiro atoms. The zero-order chi connectivity index (χ0) is 14.6. The van der Waals surface area contributed by atoms with Crippen molar-refractivity contribution in [1.29, 1.82) is 0 Å². The van der Waals surface area contributed by atoms with Crippen LogP contribution in [0.2, 0.25) is 0 Å². The van der Waals surface area contributed by atoms with Crippen LogP contribution in [0.5, 0.6) is 0 Å². The van der Waals surface area contributed by atoms with Gasteiger partial charge in [0.25, 0.3) is 0 Å². The van der Waals surface area contributed by atoms with E-state index in [4.69, 9.17) is 0 Å². The highest BCUT2D eigenvalue weighted by molar-refractivity contribution is 7.91. The molecule has 1 aromatic heterocycles. The Morgan fingerprint density at radius 2 is 1.90 bits per heavy atom. The fraction of sp³-hybridized carbons (Fsp3) is 0.692. The third kappa shape index (κ3) is 4.06. The molecule has 6 nitrogen and oxygen atoms in total. The van der Waals surface area contributed by atoms with Gasteiger partial charge in [0, 0.05) is 25.6 Å². The lowest BCUT2D eigenvalue weighted by Crippen LogP contribution is -2.32. The summed E-state index contributed by atoms with van der Waals surface area (Å²) >= 11 is 0. The Morgan fingerprint density at radius 3 is 2.50 bits per heavy atom. The minimum Gasteiger partial charge on any atom is -0.373 e. The fourth-order valence-corrected chi connectivity index (χ4v) is 3.77. The molecule has 2 rings (SSSR count). The van der Waals surface area contributed by atoms with Gasteiger partial charge in [-0.25, -0.2) is 18.4 Å². The van der Waals surface area contributed by atoms with E-state index < -0.39 is 9.84 Å². The van der Waals surface area contributed by atoms with Crippen molar-refractivity contribution in [3.05, 3.63) is 11.9 Å². The van der Waals surface area contributed by atoms with Crippen molar-refractivity contribution in [2.45, 2.75) is 38.6 Å². The molecule has 0 bridgehead atoms. The number of hydrogen-bond acceptors (Lipinski definition) is 6. The Hall–Kier alpha value is -1.37. The van der Waals surface area contributed by atoms with Gasteiger partial charge in [0.15, 0.2) is 0 Å². The molecule has 0 atom stereocenters. The van der Waals surface area contributed by atoms with Crippen molar-refractivity contribution in [2.24, 2.45) is 0 Å². The van der Waals surface area contributed by atoms with Gasteiger partial charge in [0.1, 0.15) is 27.3 Å². The number of nitrogens with zero attached hydrogens (tertiary/aromatic N) is 2. The van der Waals surface area contributed by atoms with E-state index in [1.165, 1.54) is 0 Å². The van der Waals surface area contributed by atoms with Gasteiger partial charge in [0.05, 0.1) is 11.5 Å². The van der Waals surface area contributed by atoms with Gasteiger partial charge >= 0.3 is 0 Å². The van der Waals surface area contributed by atoms with Gasteiger partial charge in [-0.2, -0.15) is 0 Å². The Morgan fingerprint density at radius 1 is 1.25 bits per heavy atom. The Kier molecular flexibility index (Phi) is 4.80. The summed E-state index contributed by atoms with van der Waals surface area (Å²) in [5, 5.41) is 6.37. The van der Waals surface area contributed by atoms with Crippen LogP contribution < -0.4 is 10.6 Å². The molecule has 0 aromatic carbocycles. The monoisotopic (exact) mass is 298 g/mol. The van der Waals surface area contributed by atoms with E-state index >= 15 is 0 Å². The normalized spacial score (nSPS) is 18.7. The smallest absolute Gasteiger partial charge is 0.150 e. The second kappa shape index (κ2) is 6.39. The average Bonchev–Trinajstić information content (AvgIpc) is 2.41. The van der Waals surface area contributed by atoms with Crippen molar-refractivity contribution in [3.63, 3.8) is 0 Å². The molecular weight excluding hydrogens is 276 g/mol. The van der Waals surface area contributed by atoms with Crippen LogP contribution in [0.4, 0.5) is 11.6 Å². The largest absolute Gasteiger partial charge is 0.373 e. The summed E-state index contributed by atoms with van der Waals surface area (Å²) in [5.41, 5.74) is 0. The molecule has 1 aliphatic rings. The zero-order valence-corrected chi connectivity index (χ0v) is 12.8. The molecule has 0 saturated carbocycles. The zero-order valence-electron chi connectivity index (χ0n) is 12.0. The number of rotatable bonds is 5. The molecule has 20 heavy (non-hydrogen) atoms. The molecular formula is C13H22N4O2S. The molecule has 0 aliphatic carbocycles. The minimum absolute atomic E-state index is 0.174. The van der Waals surface area contributed by atoms with Crippen LogP contribution in [-0.2, 0) is 16.3 Å². The van der Waals surface area contributed by atoms with Crippen molar-refractivity contribution in [1.82, 2.24) is 9.97 Å². The maximum absolute atomic E-state index is 11.4. The van der Waals surface area contributed by atoms with E-state index in [2.05, 4.69) is 27.5 Å². The molecule has 1 aliphatic heterocycles. The van der Waals surface area contributed by atoms with Gasteiger partial charge in [-0.1, -0.05) is 6.92 Å². The highest BCUT2D eigenvalue weighted by atomic mass is 32.2. The molecule has 1 aromatic rings. The average molecular weight is 298 g/mol. The summed E-state index contributed by atoms with van der Waals surface area (Å²) in [5.74, 6) is 2.89. The Bertz CT molecular complexity index is 545. The van der Waals surface area contributed by atoms with Crippen molar-refractivity contribution >= 4 is 21.5 Å². The lowest BCUT2D eigenvalue weighted by molar-refractivity contribution is 0.559. The third-order valence-electron chi connectivity index (χ3n) is 3.41. The van der Waals surface area contributed by atoms with E-state index in [0.717, 1.165) is 30.3 Å². The summed E-state index contributed by atoms with van der Waals surface area (Å²) in [6, 6.07) is 2.04. The first-order valence-electron chi connectivity index (χ1n) is 7.05. The summed E-state index contributed by atoms with van der Waals surface area (Å²) in [4.78, 5) is 8.89. The summed E-state index contributed by atoms with van der Waals surface area (Å²) in [6.45, 7) is 2.09. The predicted molar refractivity (Wildman–Crippen MR) is 80.9 cm³/mol. The van der Waals surface area contributed by atoms with Crippen LogP contribution in [0.25, 0.3) is 0 Å². The number of hydrogen-bond donors (Lipinski definition) is 2. The van der Waals surface area contributed by atoms with E-state index in [0.29, 0.717) is 12.8 Å². The SMILES string of the molecule is CCCc1nc(NC)cc(NC2CCS(=O)(=O)CC2)n1. The summed E-state index contributed by atoms with van der Waals surface area (Å²) in [6.07, 6.45) is 3.12. The quantitative estimate of drug-likeness (QED) is 0.856. The van der Waals surface area contributed by atoms with Crippen LogP contribution in [0.3, 0.4) is 0 Å². The van der Waals surface area contributed by atoms with E-state index in [9.17, 15) is 8.42 Å². The number of aryl methyl sites for hydroxylation is 1. The first-order chi connectivity index (χ1) is 9.52. The Labute approximate surface area is 120 Å². The van der Waals surface area contributed by atoms with Gasteiger partial charge in [-0.05, 0) is 19.3 Å². The molecule has 0 unspecified atom stereocenters. The number of nitrogens with one attached hydrogen (secondary N) is 2. The molecule has 112 valence electrons. The van der Waals surface area contributed by atoms with E-state index in [1.54, 1.807) is 0 Å². The van der Waals surface area contributed by atoms with Crippen LogP contribution >= 0.6 is 0 Å². The van der Waals surface area contributed by atoms with Gasteiger partial charge in [-0.15, -0.1) is 0 Å². The Balaban J connectivity index is 2.07. The minimum atomic E-state index is -2.82. The van der Waals surface area contributed by atoms with Gasteiger partial charge < -0.3 is 10.6 Å². The van der Waals surface area contributed by atoms with Crippen molar-refractivity contribution in [3.8, 4) is 0 Å². The lowest BCUT2D eigenvalue weighted by atomic mass is 10.1. The van der Waals surface area contributed by atoms with Crippen molar-refractivity contribution in [2.75, 3.05) is 29.2 Å². The third-order valence-corrected chi connectivity index (χ3v) is 5.12. The fourth-order valence-electron chi connectivity index (χ4n) is 2.28. The van der Waals surface area contributed by atoms with Crippen LogP contribution in [-0.4, -0.2) is 43.0 Å². The maximum Gasteiger partial charge on any atom is 0.150 e. The molecule has 0 radical (unpaired) electrons. The predicted octanol–water partition coefficient (Wildman–Crippen LogP) is 1.46. The van der Waals surface area contributed by atoms with Crippen LogP contribution in [0.1, 0.15) is 32.0 Å². The molecule has 2 heterocycles. The molecule has 1 fully saturated rings. The lowest BCUT2D eigenvalue weighted by Gasteiger charge is -2.23. The molecule has 7 heteroatoms. The standard InChI is InChI=1S/C13H22N4O2S/c1-3-4-11-16-12(14-2)9-13(17-11)15-10-5-7-20(18,19)8-6-10/h9-10H,3-8H2,1-2H3,(H2,14,15,16,17). The van der Waals surface area contributed by atoms with E-state index in [-0.39, 0.29) is 17.5 Å². The first kappa shape index (κ1) is 15.0. The second-order valence-electron chi connectivity index (χ2n) is 5.13. The van der Waals surface area contributed by atoms with Gasteiger partial charge in [-0.3, -0.25) is 0 Å². The molecule has 0 amide bonds. The van der Waals surface area contributed by atoms with Crippen molar-refractivity contribution < 1.29 is 8.42 Å². The number of anilines is 2. The molecule has 2 N–H and O–H groups in total. The highest BCUT2D eigenvalue weighted by Gasteiger charge is 2.23. The summed E-state index contributed by atoms with van der Waals surface area (Å²) in [7, 11) is -0.994. The highest BCUT2D eigenvalue weighted by Crippen LogP contribution is 2.18. The number of aromatic nitrogens is 2. The number of sulfone groups is 1. The first-order valence-corrected chi connectivity index (χ1v) is 8.87. The second-order valence-corrected chi connectivity index (χ2v) is 7.43. The summed E-state index contributed by atoms with van der Waals surface area (Å²) < 4.78 is 22.8. The van der Waals surface area contributed by atoms with Gasteiger partial charge in [0.2, 0.25) is 0 Å². The van der Waals surface area contributed by atoms with E-state index in [1.807, 2.05) is 13.1 Å². The maximum atomic E-state index is 11.4. The molecule has 1 saturated heterocycles.